The Morgan fingerprint density at radius 1 is 1.00 bits per heavy atom. The molecule has 3 nitrogen and oxygen atoms in total. The molecule has 0 saturated heterocycles. The van der Waals surface area contributed by atoms with Gasteiger partial charge >= 0.3 is 0 Å². The lowest BCUT2D eigenvalue weighted by atomic mass is 10.2. The summed E-state index contributed by atoms with van der Waals surface area (Å²) in [6, 6.07) is 0. The van der Waals surface area contributed by atoms with Crippen molar-refractivity contribution in [3.8, 4) is 0 Å². The summed E-state index contributed by atoms with van der Waals surface area (Å²) in [5.41, 5.74) is 0. The highest BCUT2D eigenvalue weighted by Crippen LogP contribution is 2.08. The van der Waals surface area contributed by atoms with E-state index in [1.165, 1.54) is 0 Å². The van der Waals surface area contributed by atoms with E-state index in [0.29, 0.717) is 12.8 Å². The molecule has 2 N–H and O–H groups in total. The Labute approximate surface area is 92.1 Å². The monoisotopic (exact) mass is 214 g/mol. The largest absolute Gasteiger partial charge is 0.467 e. The minimum atomic E-state index is -0.342. The van der Waals surface area contributed by atoms with Gasteiger partial charge in [0.15, 0.2) is 0 Å². The van der Waals surface area contributed by atoms with Crippen LogP contribution in [0.15, 0.2) is 23.7 Å². The standard InChI is InChI=1S/C12H22O3/c1-9(13)5-7-11(3)15-12(4)8-6-10(2)14/h7-10,13-14H,5-6H2,1-4H3. The lowest BCUT2D eigenvalue weighted by molar-refractivity contribution is 0.194. The van der Waals surface area contributed by atoms with E-state index < -0.39 is 0 Å². The zero-order valence-electron chi connectivity index (χ0n) is 10.0. The third-order valence-electron chi connectivity index (χ3n) is 1.81. The van der Waals surface area contributed by atoms with Crippen LogP contribution in [-0.2, 0) is 4.74 Å². The molecule has 88 valence electrons. The molecule has 0 aliphatic rings. The van der Waals surface area contributed by atoms with Gasteiger partial charge in [-0.25, -0.2) is 0 Å². The minimum Gasteiger partial charge on any atom is -0.467 e. The summed E-state index contributed by atoms with van der Waals surface area (Å²) in [4.78, 5) is 0. The summed E-state index contributed by atoms with van der Waals surface area (Å²) in [5, 5.41) is 18.1. The maximum atomic E-state index is 9.06. The van der Waals surface area contributed by atoms with Gasteiger partial charge in [0.25, 0.3) is 0 Å². The van der Waals surface area contributed by atoms with Crippen molar-refractivity contribution in [3.63, 3.8) is 0 Å². The highest BCUT2D eigenvalue weighted by atomic mass is 16.5. The summed E-state index contributed by atoms with van der Waals surface area (Å²) >= 11 is 0. The van der Waals surface area contributed by atoms with Gasteiger partial charge in [0.05, 0.1) is 23.7 Å². The van der Waals surface area contributed by atoms with Gasteiger partial charge < -0.3 is 14.9 Å². The average molecular weight is 214 g/mol. The normalized spacial score (nSPS) is 17.5. The Kier molecular flexibility index (Phi) is 7.09. The highest BCUT2D eigenvalue weighted by molar-refractivity contribution is 4.98. The van der Waals surface area contributed by atoms with Crippen molar-refractivity contribution >= 4 is 0 Å². The fourth-order valence-corrected chi connectivity index (χ4v) is 1.01. The smallest absolute Gasteiger partial charge is 0.0966 e. The van der Waals surface area contributed by atoms with Crippen molar-refractivity contribution in [1.82, 2.24) is 0 Å². The van der Waals surface area contributed by atoms with Crippen LogP contribution >= 0.6 is 0 Å². The van der Waals surface area contributed by atoms with Gasteiger partial charge in [-0.1, -0.05) is 0 Å². The predicted molar refractivity (Wildman–Crippen MR) is 61.2 cm³/mol. The summed E-state index contributed by atoms with van der Waals surface area (Å²) < 4.78 is 5.45. The van der Waals surface area contributed by atoms with Crippen LogP contribution in [0.3, 0.4) is 0 Å². The van der Waals surface area contributed by atoms with Crippen LogP contribution in [0.25, 0.3) is 0 Å². The van der Waals surface area contributed by atoms with Crippen LogP contribution in [0.5, 0.6) is 0 Å². The fourth-order valence-electron chi connectivity index (χ4n) is 1.01. The van der Waals surface area contributed by atoms with E-state index in [2.05, 4.69) is 0 Å². The number of hydrogen-bond acceptors (Lipinski definition) is 3. The molecule has 15 heavy (non-hydrogen) atoms. The number of aliphatic hydroxyl groups excluding tert-OH is 2. The van der Waals surface area contributed by atoms with Gasteiger partial charge in [-0.2, -0.15) is 0 Å². The van der Waals surface area contributed by atoms with Crippen molar-refractivity contribution in [3.05, 3.63) is 23.7 Å². The Hall–Kier alpha value is -0.800. The Bertz CT molecular complexity index is 203. The molecule has 0 bridgehead atoms. The quantitative estimate of drug-likeness (QED) is 0.667. The molecule has 0 spiro atoms. The molecule has 0 amide bonds. The van der Waals surface area contributed by atoms with E-state index in [-0.39, 0.29) is 12.2 Å². The molecule has 0 aliphatic heterocycles. The van der Waals surface area contributed by atoms with Crippen LogP contribution in [0.2, 0.25) is 0 Å². The number of hydrogen-bond donors (Lipinski definition) is 2. The molecule has 0 rings (SSSR count). The Morgan fingerprint density at radius 2 is 1.33 bits per heavy atom. The van der Waals surface area contributed by atoms with E-state index >= 15 is 0 Å². The van der Waals surface area contributed by atoms with Crippen LogP contribution in [0.4, 0.5) is 0 Å². The van der Waals surface area contributed by atoms with E-state index in [1.807, 2.05) is 26.0 Å². The van der Waals surface area contributed by atoms with Crippen LogP contribution in [0, 0.1) is 0 Å². The molecule has 0 fully saturated rings. The molecule has 0 aliphatic carbocycles. The van der Waals surface area contributed by atoms with Crippen molar-refractivity contribution in [1.29, 1.82) is 0 Å². The minimum absolute atomic E-state index is 0.342. The second-order valence-corrected chi connectivity index (χ2v) is 3.90. The second kappa shape index (κ2) is 7.49. The van der Waals surface area contributed by atoms with Gasteiger partial charge in [0.2, 0.25) is 0 Å². The van der Waals surface area contributed by atoms with Gasteiger partial charge in [-0.3, -0.25) is 0 Å². The molecular weight excluding hydrogens is 192 g/mol. The van der Waals surface area contributed by atoms with E-state index in [0.717, 1.165) is 11.5 Å². The average Bonchev–Trinajstić information content (AvgIpc) is 2.11. The molecule has 0 aromatic rings. The van der Waals surface area contributed by atoms with Gasteiger partial charge in [0.1, 0.15) is 0 Å². The summed E-state index contributed by atoms with van der Waals surface area (Å²) in [6.45, 7) is 7.17. The molecule has 0 radical (unpaired) electrons. The lowest BCUT2D eigenvalue weighted by Crippen LogP contribution is -1.98. The maximum Gasteiger partial charge on any atom is 0.0966 e. The van der Waals surface area contributed by atoms with E-state index in [9.17, 15) is 0 Å². The third kappa shape index (κ3) is 9.50. The number of ether oxygens (including phenoxy) is 1. The summed E-state index contributed by atoms with van der Waals surface area (Å²) in [6.07, 6.45) is 4.20. The van der Waals surface area contributed by atoms with Crippen LogP contribution in [0.1, 0.15) is 40.5 Å². The SMILES string of the molecule is CC(=CCC(C)O)OC(C)=CCC(C)O. The molecule has 2 atom stereocenters. The fraction of sp³-hybridized carbons (Fsp3) is 0.667. The number of rotatable bonds is 6. The third-order valence-corrected chi connectivity index (χ3v) is 1.81. The van der Waals surface area contributed by atoms with Crippen LogP contribution in [-0.4, -0.2) is 22.4 Å². The first-order valence-electron chi connectivity index (χ1n) is 5.29. The zero-order chi connectivity index (χ0) is 11.8. The molecule has 0 saturated carbocycles. The van der Waals surface area contributed by atoms with Crippen molar-refractivity contribution in [2.45, 2.75) is 52.7 Å². The Morgan fingerprint density at radius 3 is 1.60 bits per heavy atom. The highest BCUT2D eigenvalue weighted by Gasteiger charge is 1.97. The molecular formula is C12H22O3. The van der Waals surface area contributed by atoms with Crippen molar-refractivity contribution in [2.24, 2.45) is 0 Å². The van der Waals surface area contributed by atoms with Gasteiger partial charge in [-0.15, -0.1) is 0 Å². The number of aliphatic hydroxyl groups is 2. The molecule has 0 aromatic heterocycles. The zero-order valence-corrected chi connectivity index (χ0v) is 10.0. The van der Waals surface area contributed by atoms with Crippen molar-refractivity contribution in [2.75, 3.05) is 0 Å². The van der Waals surface area contributed by atoms with Crippen LogP contribution < -0.4 is 0 Å². The molecule has 3 heteroatoms. The van der Waals surface area contributed by atoms with E-state index in [4.69, 9.17) is 14.9 Å². The molecule has 0 aromatic carbocycles. The first-order chi connectivity index (χ1) is 6.91. The van der Waals surface area contributed by atoms with E-state index in [1.54, 1.807) is 13.8 Å². The van der Waals surface area contributed by atoms with Gasteiger partial charge in [0, 0.05) is 0 Å². The first kappa shape index (κ1) is 14.2. The number of allylic oxidation sites excluding steroid dienone is 2. The first-order valence-corrected chi connectivity index (χ1v) is 5.29. The summed E-state index contributed by atoms with van der Waals surface area (Å²) in [7, 11) is 0. The van der Waals surface area contributed by atoms with Crippen molar-refractivity contribution < 1.29 is 14.9 Å². The topological polar surface area (TPSA) is 49.7 Å². The summed E-state index contributed by atoms with van der Waals surface area (Å²) in [5.74, 6) is 1.55. The molecule has 2 unspecified atom stereocenters. The predicted octanol–water partition coefficient (Wildman–Crippen LogP) is 2.35. The second-order valence-electron chi connectivity index (χ2n) is 3.90. The lowest BCUT2D eigenvalue weighted by Gasteiger charge is -2.07. The Balaban J connectivity index is 3.99. The maximum absolute atomic E-state index is 9.06. The van der Waals surface area contributed by atoms with Gasteiger partial charge in [-0.05, 0) is 52.7 Å². The molecule has 0 heterocycles.